The lowest BCUT2D eigenvalue weighted by molar-refractivity contribution is -0.122. The van der Waals surface area contributed by atoms with Crippen LogP contribution in [0, 0.1) is 5.92 Å². The Hall–Kier alpha value is -0.610. The Morgan fingerprint density at radius 1 is 1.17 bits per heavy atom. The van der Waals surface area contributed by atoms with Crippen LogP contribution in [0.1, 0.15) is 45.4 Å². The van der Waals surface area contributed by atoms with E-state index >= 15 is 0 Å². The van der Waals surface area contributed by atoms with Gasteiger partial charge in [-0.15, -0.1) is 0 Å². The molecule has 0 aromatic rings. The van der Waals surface area contributed by atoms with E-state index in [1.807, 2.05) is 0 Å². The molecule has 4 heteroatoms. The van der Waals surface area contributed by atoms with E-state index in [0.717, 1.165) is 32.5 Å². The molecule has 2 unspecified atom stereocenters. The molecule has 2 aliphatic heterocycles. The summed E-state index contributed by atoms with van der Waals surface area (Å²) in [5.41, 5.74) is 0. The minimum atomic E-state index is 0.236. The van der Waals surface area contributed by atoms with Crippen LogP contribution in [0.5, 0.6) is 0 Å². The number of piperidine rings is 1. The predicted molar refractivity (Wildman–Crippen MR) is 73.5 cm³/mol. The second-order valence-corrected chi connectivity index (χ2v) is 5.78. The summed E-state index contributed by atoms with van der Waals surface area (Å²) in [6.07, 6.45) is 6.87. The number of fused-ring (bicyclic) bond motifs is 2. The van der Waals surface area contributed by atoms with E-state index in [4.69, 9.17) is 0 Å². The highest BCUT2D eigenvalue weighted by atomic mass is 16.1. The number of carbonyl (C=O) groups is 1. The molecule has 2 atom stereocenters. The fraction of sp³-hybridized carbons (Fsp3) is 0.929. The first-order valence-electron chi connectivity index (χ1n) is 7.51. The fourth-order valence-electron chi connectivity index (χ4n) is 3.27. The van der Waals surface area contributed by atoms with Crippen molar-refractivity contribution in [3.63, 3.8) is 0 Å². The minimum absolute atomic E-state index is 0.236. The van der Waals surface area contributed by atoms with Crippen LogP contribution in [-0.4, -0.2) is 37.6 Å². The first-order chi connectivity index (χ1) is 8.78. The Kier molecular flexibility index (Phi) is 5.45. The quantitative estimate of drug-likeness (QED) is 0.594. The maximum absolute atomic E-state index is 11.8. The summed E-state index contributed by atoms with van der Waals surface area (Å²) in [7, 11) is 0. The number of hydrogen-bond donors (Lipinski definition) is 3. The fourth-order valence-corrected chi connectivity index (χ4v) is 3.27. The van der Waals surface area contributed by atoms with Crippen LogP contribution >= 0.6 is 0 Å². The van der Waals surface area contributed by atoms with Gasteiger partial charge in [0.15, 0.2) is 0 Å². The third kappa shape index (κ3) is 4.25. The molecular weight excluding hydrogens is 226 g/mol. The molecule has 2 rings (SSSR count). The monoisotopic (exact) mass is 253 g/mol. The highest BCUT2D eigenvalue weighted by Crippen LogP contribution is 2.32. The van der Waals surface area contributed by atoms with Gasteiger partial charge in [0.25, 0.3) is 0 Å². The van der Waals surface area contributed by atoms with Crippen molar-refractivity contribution in [1.82, 2.24) is 16.0 Å². The number of nitrogens with one attached hydrogen (secondary N) is 3. The van der Waals surface area contributed by atoms with E-state index in [2.05, 4.69) is 22.9 Å². The van der Waals surface area contributed by atoms with Crippen LogP contribution in [0.2, 0.25) is 0 Å². The zero-order valence-corrected chi connectivity index (χ0v) is 11.5. The summed E-state index contributed by atoms with van der Waals surface area (Å²) in [5, 5.41) is 9.93. The Balaban J connectivity index is 1.57. The third-order valence-electron chi connectivity index (χ3n) is 4.10. The molecule has 3 N–H and O–H groups in total. The average molecular weight is 253 g/mol. The zero-order chi connectivity index (χ0) is 12.8. The van der Waals surface area contributed by atoms with E-state index in [1.54, 1.807) is 0 Å². The topological polar surface area (TPSA) is 53.2 Å². The van der Waals surface area contributed by atoms with Crippen LogP contribution in [0.4, 0.5) is 0 Å². The zero-order valence-electron chi connectivity index (χ0n) is 11.5. The second kappa shape index (κ2) is 7.10. The van der Waals surface area contributed by atoms with Gasteiger partial charge < -0.3 is 16.0 Å². The van der Waals surface area contributed by atoms with Gasteiger partial charge in [-0.2, -0.15) is 0 Å². The Morgan fingerprint density at radius 2 is 1.89 bits per heavy atom. The first kappa shape index (κ1) is 13.8. The highest BCUT2D eigenvalue weighted by Gasteiger charge is 2.33. The van der Waals surface area contributed by atoms with Gasteiger partial charge in [-0.25, -0.2) is 0 Å². The lowest BCUT2D eigenvalue weighted by Crippen LogP contribution is -2.40. The van der Waals surface area contributed by atoms with Crippen molar-refractivity contribution >= 4 is 5.91 Å². The molecule has 2 fully saturated rings. The molecule has 0 aromatic carbocycles. The van der Waals surface area contributed by atoms with E-state index in [9.17, 15) is 4.79 Å². The van der Waals surface area contributed by atoms with Crippen molar-refractivity contribution in [1.29, 1.82) is 0 Å². The molecule has 1 amide bonds. The van der Waals surface area contributed by atoms with Gasteiger partial charge in [-0.3, -0.25) is 4.79 Å². The van der Waals surface area contributed by atoms with Gasteiger partial charge in [0.1, 0.15) is 0 Å². The molecule has 2 saturated heterocycles. The molecule has 0 saturated carbocycles. The summed E-state index contributed by atoms with van der Waals surface area (Å²) in [4.78, 5) is 11.8. The summed E-state index contributed by atoms with van der Waals surface area (Å²) in [6.45, 7) is 4.83. The molecule has 4 nitrogen and oxygen atoms in total. The number of amides is 1. The molecule has 0 spiro atoms. The highest BCUT2D eigenvalue weighted by molar-refractivity contribution is 5.76. The smallest absolute Gasteiger partial charge is 0.220 e. The van der Waals surface area contributed by atoms with Crippen LogP contribution in [0.25, 0.3) is 0 Å². The standard InChI is InChI=1S/C14H27N3O/c1-2-5-15-6-7-16-14(18)10-11-8-12-3-4-13(9-11)17-12/h11-13,15,17H,2-10H2,1H3,(H,16,18). The van der Waals surface area contributed by atoms with E-state index in [-0.39, 0.29) is 5.91 Å². The van der Waals surface area contributed by atoms with Crippen LogP contribution in [0.3, 0.4) is 0 Å². The first-order valence-corrected chi connectivity index (χ1v) is 7.51. The number of carbonyl (C=O) groups excluding carboxylic acids is 1. The summed E-state index contributed by atoms with van der Waals surface area (Å²) in [6, 6.07) is 1.38. The van der Waals surface area contributed by atoms with Crippen LogP contribution < -0.4 is 16.0 Å². The van der Waals surface area contributed by atoms with Crippen molar-refractivity contribution in [2.24, 2.45) is 5.92 Å². The van der Waals surface area contributed by atoms with Crippen molar-refractivity contribution in [2.45, 2.75) is 57.5 Å². The van der Waals surface area contributed by atoms with Crippen LogP contribution in [0.15, 0.2) is 0 Å². The summed E-state index contributed by atoms with van der Waals surface area (Å²) < 4.78 is 0. The molecule has 104 valence electrons. The average Bonchev–Trinajstić information content (AvgIpc) is 2.68. The minimum Gasteiger partial charge on any atom is -0.355 e. The number of hydrogen-bond acceptors (Lipinski definition) is 3. The Labute approximate surface area is 110 Å². The lowest BCUT2D eigenvalue weighted by atomic mass is 9.89. The van der Waals surface area contributed by atoms with Gasteiger partial charge in [0.2, 0.25) is 5.91 Å². The maximum Gasteiger partial charge on any atom is 0.220 e. The van der Waals surface area contributed by atoms with Gasteiger partial charge in [-0.1, -0.05) is 6.92 Å². The van der Waals surface area contributed by atoms with Gasteiger partial charge >= 0.3 is 0 Å². The third-order valence-corrected chi connectivity index (χ3v) is 4.10. The molecule has 2 bridgehead atoms. The molecule has 2 aliphatic rings. The van der Waals surface area contributed by atoms with Crippen molar-refractivity contribution in [3.05, 3.63) is 0 Å². The van der Waals surface area contributed by atoms with Crippen molar-refractivity contribution < 1.29 is 4.79 Å². The van der Waals surface area contributed by atoms with E-state index in [0.29, 0.717) is 18.0 Å². The largest absolute Gasteiger partial charge is 0.355 e. The van der Waals surface area contributed by atoms with Crippen LogP contribution in [-0.2, 0) is 4.79 Å². The molecule has 0 radical (unpaired) electrons. The summed E-state index contributed by atoms with van der Waals surface area (Å²) in [5.74, 6) is 0.840. The molecule has 0 aromatic heterocycles. The molecule has 0 aliphatic carbocycles. The second-order valence-electron chi connectivity index (χ2n) is 5.78. The van der Waals surface area contributed by atoms with E-state index < -0.39 is 0 Å². The van der Waals surface area contributed by atoms with Crippen molar-refractivity contribution in [3.8, 4) is 0 Å². The maximum atomic E-state index is 11.8. The van der Waals surface area contributed by atoms with Crippen molar-refractivity contribution in [2.75, 3.05) is 19.6 Å². The Morgan fingerprint density at radius 3 is 2.56 bits per heavy atom. The normalized spacial score (nSPS) is 30.4. The van der Waals surface area contributed by atoms with Gasteiger partial charge in [-0.05, 0) is 44.6 Å². The van der Waals surface area contributed by atoms with Gasteiger partial charge in [0.05, 0.1) is 0 Å². The SMILES string of the molecule is CCCNCCNC(=O)CC1CC2CCC(C1)N2. The lowest BCUT2D eigenvalue weighted by Gasteiger charge is -2.28. The predicted octanol–water partition coefficient (Wildman–Crippen LogP) is 1.02. The molecule has 2 heterocycles. The Bertz CT molecular complexity index is 258. The van der Waals surface area contributed by atoms with E-state index in [1.165, 1.54) is 25.7 Å². The number of rotatable bonds is 7. The molecular formula is C14H27N3O. The van der Waals surface area contributed by atoms with Gasteiger partial charge in [0, 0.05) is 31.6 Å². The molecule has 18 heavy (non-hydrogen) atoms. The summed E-state index contributed by atoms with van der Waals surface area (Å²) >= 11 is 0.